The number of aliphatic hydroxyl groups is 1. The third-order valence-corrected chi connectivity index (χ3v) is 6.87. The van der Waals surface area contributed by atoms with Gasteiger partial charge in [0.2, 0.25) is 0 Å². The number of hydrogen-bond donors (Lipinski definition) is 2. The van der Waals surface area contributed by atoms with Gasteiger partial charge in [0.05, 0.1) is 2.74 Å². The van der Waals surface area contributed by atoms with Gasteiger partial charge in [0.1, 0.15) is 24.7 Å². The summed E-state index contributed by atoms with van der Waals surface area (Å²) in [7, 11) is -6.52. The maximum atomic E-state index is 12.9. The van der Waals surface area contributed by atoms with E-state index in [9.17, 15) is 28.4 Å². The average Bonchev–Trinajstić information content (AvgIpc) is 3.00. The first kappa shape index (κ1) is 19.9. The van der Waals surface area contributed by atoms with Crippen molar-refractivity contribution in [1.82, 2.24) is 9.55 Å². The van der Waals surface area contributed by atoms with Gasteiger partial charge in [0, 0.05) is 25.2 Å². The van der Waals surface area contributed by atoms with E-state index < -0.39 is 78.1 Å². The number of rotatable bonds is 9. The fourth-order valence-corrected chi connectivity index (χ4v) is 5.42. The Morgan fingerprint density at radius 1 is 1.57 bits per heavy atom. The number of methoxy groups -OCH3 is 1. The standard InChI is InChI=1S/C13H17N2O10P3/c1-22-11-10(17)8(4-6-28(21,7-23-26-19)25-27(2)20)24-12(11)15-5-3-9(16)14-13(15)18/h3-6,8,10-12,17H,7H2,1-2H3/p+1/b6-4+/t8-,10?,11+,12-,28?/m1/s1/i4D,6D. The molecule has 0 spiro atoms. The van der Waals surface area contributed by atoms with Crippen molar-refractivity contribution in [3.63, 3.8) is 0 Å². The van der Waals surface area contributed by atoms with Crippen LogP contribution in [-0.2, 0) is 32.0 Å². The molecule has 28 heavy (non-hydrogen) atoms. The van der Waals surface area contributed by atoms with Crippen LogP contribution in [0.5, 0.6) is 0 Å². The molecule has 2 heterocycles. The molecule has 2 N–H and O–H groups in total. The predicted octanol–water partition coefficient (Wildman–Crippen LogP) is 1.17. The molecule has 154 valence electrons. The van der Waals surface area contributed by atoms with Crippen LogP contribution >= 0.6 is 24.1 Å². The lowest BCUT2D eigenvalue weighted by Crippen LogP contribution is -2.38. The summed E-state index contributed by atoms with van der Waals surface area (Å²) in [5.41, 5.74) is -1.54. The second kappa shape index (κ2) is 9.91. The first-order valence-electron chi connectivity index (χ1n) is 8.55. The molecule has 0 amide bonds. The number of aromatic amines is 1. The smallest absolute Gasteiger partial charge is 0.387 e. The Kier molecular flexibility index (Phi) is 7.06. The normalized spacial score (nSPS) is 29.6. The average molecular weight is 457 g/mol. The highest BCUT2D eigenvalue weighted by molar-refractivity contribution is 7.68. The first-order chi connectivity index (χ1) is 14.1. The van der Waals surface area contributed by atoms with Crippen LogP contribution in [0.25, 0.3) is 0 Å². The maximum absolute atomic E-state index is 12.9. The van der Waals surface area contributed by atoms with E-state index in [4.69, 9.17) is 16.5 Å². The zero-order chi connectivity index (χ0) is 22.6. The zero-order valence-corrected chi connectivity index (χ0v) is 17.3. The molecule has 1 aliphatic heterocycles. The van der Waals surface area contributed by atoms with Crippen LogP contribution in [0.3, 0.4) is 0 Å². The second-order valence-electron chi connectivity index (χ2n) is 5.44. The van der Waals surface area contributed by atoms with Gasteiger partial charge in [-0.15, -0.1) is 0 Å². The molecule has 15 heteroatoms. The van der Waals surface area contributed by atoms with Crippen molar-refractivity contribution < 1.29 is 39.9 Å². The van der Waals surface area contributed by atoms with Crippen molar-refractivity contribution in [1.29, 1.82) is 0 Å². The van der Waals surface area contributed by atoms with Gasteiger partial charge in [-0.2, -0.15) is 0 Å². The van der Waals surface area contributed by atoms with Gasteiger partial charge in [-0.25, -0.2) is 9.36 Å². The lowest BCUT2D eigenvalue weighted by molar-refractivity contribution is -0.0491. The van der Waals surface area contributed by atoms with Crippen LogP contribution in [-0.4, -0.2) is 53.1 Å². The number of aromatic nitrogens is 2. The third kappa shape index (κ3) is 5.59. The molecule has 1 aromatic rings. The van der Waals surface area contributed by atoms with Crippen LogP contribution in [0.4, 0.5) is 0 Å². The molecule has 12 nitrogen and oxygen atoms in total. The number of H-pyrrole nitrogens is 1. The molecule has 0 saturated carbocycles. The minimum atomic E-state index is -4.36. The highest BCUT2D eigenvalue weighted by Crippen LogP contribution is 2.55. The molecule has 2 rings (SSSR count). The van der Waals surface area contributed by atoms with Gasteiger partial charge >= 0.3 is 29.8 Å². The Morgan fingerprint density at radius 2 is 2.29 bits per heavy atom. The summed E-state index contributed by atoms with van der Waals surface area (Å²) in [4.78, 5) is 25.3. The highest BCUT2D eigenvalue weighted by Gasteiger charge is 2.45. The van der Waals surface area contributed by atoms with E-state index in [1.807, 2.05) is 4.98 Å². The van der Waals surface area contributed by atoms with E-state index in [2.05, 4.69) is 4.52 Å². The summed E-state index contributed by atoms with van der Waals surface area (Å²) in [6, 6.07) is 0.222. The molecule has 0 radical (unpaired) electrons. The fraction of sp³-hybridized carbons (Fsp3) is 0.538. The third-order valence-electron chi connectivity index (χ3n) is 3.52. The zero-order valence-electron chi connectivity index (χ0n) is 16.6. The molecular formula is C13H18N2O10P3+. The molecule has 1 fully saturated rings. The minimum absolute atomic E-state index is 0.667. The summed E-state index contributed by atoms with van der Waals surface area (Å²) in [6.45, 7) is 1.06. The number of ether oxygens (including phenoxy) is 2. The summed E-state index contributed by atoms with van der Waals surface area (Å²) in [5, 5.41) is 10.5. The van der Waals surface area contributed by atoms with Gasteiger partial charge in [-0.3, -0.25) is 23.4 Å². The Hall–Kier alpha value is -1.35. The van der Waals surface area contributed by atoms with Crippen molar-refractivity contribution in [3.8, 4) is 0 Å². The van der Waals surface area contributed by atoms with Gasteiger partial charge < -0.3 is 14.6 Å². The molecule has 1 aliphatic rings. The van der Waals surface area contributed by atoms with Crippen LogP contribution < -0.4 is 11.2 Å². The molecule has 3 unspecified atom stereocenters. The van der Waals surface area contributed by atoms with E-state index in [1.165, 1.54) is 7.11 Å². The molecule has 0 aliphatic carbocycles. The van der Waals surface area contributed by atoms with Gasteiger partial charge in [0.15, 0.2) is 12.9 Å². The Balaban J connectivity index is 2.46. The number of nitrogens with one attached hydrogen (secondary N) is 1. The number of nitrogens with zero attached hydrogens (tertiary/aromatic N) is 1. The van der Waals surface area contributed by atoms with E-state index in [1.54, 1.807) is 0 Å². The van der Waals surface area contributed by atoms with E-state index >= 15 is 0 Å². The summed E-state index contributed by atoms with van der Waals surface area (Å²) >= 11 is 0. The molecular weight excluding hydrogens is 437 g/mol. The first-order valence-corrected chi connectivity index (χ1v) is 11.7. The molecule has 0 bridgehead atoms. The molecule has 1 aromatic heterocycles. The summed E-state index contributed by atoms with van der Waals surface area (Å²) < 4.78 is 71.9. The minimum Gasteiger partial charge on any atom is -0.387 e. The van der Waals surface area contributed by atoms with Gasteiger partial charge in [0.25, 0.3) is 5.56 Å². The van der Waals surface area contributed by atoms with E-state index in [0.29, 0.717) is 0 Å². The SMILES string of the molecule is [2H]/C(=C(/[2H])P(=O)(COP=O)O[P+](C)=O)[C@H]1O[C@@H](n2ccc(=O)[nH]c2=O)[C@@H](OC)C1O. The van der Waals surface area contributed by atoms with Crippen molar-refractivity contribution >= 4 is 24.1 Å². The Bertz CT molecular complexity index is 1010. The molecule has 1 saturated heterocycles. The lowest BCUT2D eigenvalue weighted by atomic mass is 10.1. The number of hydrogen-bond acceptors (Lipinski definition) is 10. The quantitative estimate of drug-likeness (QED) is 0.515. The second-order valence-corrected chi connectivity index (χ2v) is 9.21. The van der Waals surface area contributed by atoms with Crippen molar-refractivity contribution in [3.05, 3.63) is 44.9 Å². The van der Waals surface area contributed by atoms with E-state index in [0.717, 1.165) is 23.5 Å². The topological polar surface area (TPSA) is 163 Å². The van der Waals surface area contributed by atoms with Crippen LogP contribution in [0, 0.1) is 0 Å². The van der Waals surface area contributed by atoms with Crippen molar-refractivity contribution in [2.75, 3.05) is 20.1 Å². The summed E-state index contributed by atoms with van der Waals surface area (Å²) in [6.07, 6.45) is -5.50. The molecule has 6 atom stereocenters. The van der Waals surface area contributed by atoms with Gasteiger partial charge in [-0.1, -0.05) is 4.31 Å². The Labute approximate surface area is 163 Å². The monoisotopic (exact) mass is 457 g/mol. The van der Waals surface area contributed by atoms with Crippen LogP contribution in [0.15, 0.2) is 33.7 Å². The van der Waals surface area contributed by atoms with E-state index in [-0.39, 0.29) is 0 Å². The van der Waals surface area contributed by atoms with Crippen molar-refractivity contribution in [2.24, 2.45) is 0 Å². The predicted molar refractivity (Wildman–Crippen MR) is 97.0 cm³/mol. The highest BCUT2D eigenvalue weighted by atomic mass is 31.2. The van der Waals surface area contributed by atoms with Crippen molar-refractivity contribution in [2.45, 2.75) is 24.5 Å². The summed E-state index contributed by atoms with van der Waals surface area (Å²) in [5.74, 6) is -0.982. The Morgan fingerprint density at radius 3 is 2.86 bits per heavy atom. The lowest BCUT2D eigenvalue weighted by Gasteiger charge is -2.19. The largest absolute Gasteiger partial charge is 0.511 e. The number of aliphatic hydroxyl groups excluding tert-OH is 1. The molecule has 0 aromatic carbocycles. The van der Waals surface area contributed by atoms with Gasteiger partial charge in [-0.05, 0) is 10.6 Å². The fourth-order valence-electron chi connectivity index (χ4n) is 2.40. The van der Waals surface area contributed by atoms with Crippen LogP contribution in [0.1, 0.15) is 8.97 Å². The van der Waals surface area contributed by atoms with Crippen LogP contribution in [0.2, 0.25) is 0 Å². The maximum Gasteiger partial charge on any atom is 0.511 e.